The molecule has 170 valence electrons. The Kier molecular flexibility index (Phi) is 10.2. The van der Waals surface area contributed by atoms with Gasteiger partial charge in [-0.15, -0.1) is 24.0 Å². The molecule has 0 spiro atoms. The maximum Gasteiger partial charge on any atom is 0.243 e. The Hall–Kier alpha value is -1.72. The van der Waals surface area contributed by atoms with Gasteiger partial charge in [0.15, 0.2) is 5.96 Å². The van der Waals surface area contributed by atoms with Crippen LogP contribution in [-0.4, -0.2) is 38.3 Å². The smallest absolute Gasteiger partial charge is 0.243 e. The molecule has 6 nitrogen and oxygen atoms in total. The molecule has 0 amide bonds. The molecule has 2 N–H and O–H groups in total. The summed E-state index contributed by atoms with van der Waals surface area (Å²) in [5.41, 5.74) is 1.88. The molecule has 31 heavy (non-hydrogen) atoms. The van der Waals surface area contributed by atoms with E-state index in [2.05, 4.69) is 15.6 Å². The first kappa shape index (κ1) is 25.5. The van der Waals surface area contributed by atoms with E-state index < -0.39 is 10.0 Å². The molecule has 2 aromatic carbocycles. The van der Waals surface area contributed by atoms with Crippen molar-refractivity contribution in [2.75, 3.05) is 19.6 Å². The molecule has 1 saturated heterocycles. The molecule has 0 atom stereocenters. The lowest BCUT2D eigenvalue weighted by atomic mass is 10.2. The van der Waals surface area contributed by atoms with E-state index in [0.29, 0.717) is 43.6 Å². The van der Waals surface area contributed by atoms with Gasteiger partial charge in [-0.2, -0.15) is 4.31 Å². The van der Waals surface area contributed by atoms with Gasteiger partial charge in [-0.25, -0.2) is 17.8 Å². The summed E-state index contributed by atoms with van der Waals surface area (Å²) in [5.74, 6) is 0.386. The Morgan fingerprint density at radius 1 is 0.968 bits per heavy atom. The number of hydrogen-bond acceptors (Lipinski definition) is 3. The maximum atomic E-state index is 13.0. The van der Waals surface area contributed by atoms with Crippen molar-refractivity contribution in [2.45, 2.75) is 44.2 Å². The minimum Gasteiger partial charge on any atom is -0.357 e. The second kappa shape index (κ2) is 12.4. The predicted molar refractivity (Wildman–Crippen MR) is 133 cm³/mol. The molecule has 1 aliphatic heterocycles. The summed E-state index contributed by atoms with van der Waals surface area (Å²) in [6.07, 6.45) is 2.93. The van der Waals surface area contributed by atoms with Crippen LogP contribution in [0, 0.1) is 5.82 Å². The summed E-state index contributed by atoms with van der Waals surface area (Å²) in [7, 11) is -3.41. The summed E-state index contributed by atoms with van der Waals surface area (Å²) in [4.78, 5) is 4.89. The maximum absolute atomic E-state index is 13.0. The van der Waals surface area contributed by atoms with Crippen LogP contribution in [0.3, 0.4) is 0 Å². The zero-order chi connectivity index (χ0) is 21.4. The lowest BCUT2D eigenvalue weighted by Crippen LogP contribution is -2.36. The van der Waals surface area contributed by atoms with E-state index >= 15 is 0 Å². The van der Waals surface area contributed by atoms with Crippen molar-refractivity contribution in [1.29, 1.82) is 0 Å². The minimum atomic E-state index is -3.41. The number of aliphatic imine (C=N–C) groups is 1. The highest BCUT2D eigenvalue weighted by Crippen LogP contribution is 2.21. The molecule has 2 aromatic rings. The van der Waals surface area contributed by atoms with Crippen LogP contribution < -0.4 is 10.6 Å². The fraction of sp³-hybridized carbons (Fsp3) is 0.409. The van der Waals surface area contributed by atoms with Crippen LogP contribution in [0.5, 0.6) is 0 Å². The van der Waals surface area contributed by atoms with Crippen molar-refractivity contribution in [1.82, 2.24) is 14.9 Å². The van der Waals surface area contributed by atoms with Crippen LogP contribution in [0.1, 0.15) is 37.3 Å². The summed E-state index contributed by atoms with van der Waals surface area (Å²) < 4.78 is 40.1. The fourth-order valence-electron chi connectivity index (χ4n) is 3.32. The highest BCUT2D eigenvalue weighted by molar-refractivity contribution is 14.0. The lowest BCUT2D eigenvalue weighted by Gasteiger charge is -2.25. The number of piperidine rings is 1. The van der Waals surface area contributed by atoms with E-state index in [0.717, 1.165) is 30.4 Å². The molecule has 0 aromatic heterocycles. The second-order valence-electron chi connectivity index (χ2n) is 7.28. The Morgan fingerprint density at radius 2 is 1.58 bits per heavy atom. The SMILES string of the molecule is CCNC(=NCc1ccc(S(=O)(=O)N2CCCCC2)cc1)NCc1ccc(F)cc1.I. The molecule has 3 rings (SSSR count). The zero-order valence-corrected chi connectivity index (χ0v) is 20.8. The largest absolute Gasteiger partial charge is 0.357 e. The van der Waals surface area contributed by atoms with Crippen LogP contribution in [0.15, 0.2) is 58.4 Å². The Labute approximate surface area is 201 Å². The fourth-order valence-corrected chi connectivity index (χ4v) is 4.84. The molecule has 0 aliphatic carbocycles. The van der Waals surface area contributed by atoms with E-state index in [-0.39, 0.29) is 29.8 Å². The third kappa shape index (κ3) is 7.43. The van der Waals surface area contributed by atoms with Gasteiger partial charge in [0.25, 0.3) is 0 Å². The second-order valence-corrected chi connectivity index (χ2v) is 9.22. The van der Waals surface area contributed by atoms with Crippen molar-refractivity contribution < 1.29 is 12.8 Å². The number of rotatable bonds is 7. The van der Waals surface area contributed by atoms with Gasteiger partial charge in [-0.1, -0.05) is 30.7 Å². The number of sulfonamides is 1. The van der Waals surface area contributed by atoms with Crippen molar-refractivity contribution in [3.63, 3.8) is 0 Å². The van der Waals surface area contributed by atoms with Crippen molar-refractivity contribution in [3.05, 3.63) is 65.5 Å². The number of nitrogens with zero attached hydrogens (tertiary/aromatic N) is 2. The molecule has 9 heteroatoms. The molecule has 0 unspecified atom stereocenters. The first-order valence-electron chi connectivity index (χ1n) is 10.3. The quantitative estimate of drug-likeness (QED) is 0.307. The van der Waals surface area contributed by atoms with Gasteiger partial charge in [-0.05, 0) is 55.2 Å². The highest BCUT2D eigenvalue weighted by Gasteiger charge is 2.25. The van der Waals surface area contributed by atoms with E-state index in [1.165, 1.54) is 12.1 Å². The normalized spacial score (nSPS) is 15.2. The highest BCUT2D eigenvalue weighted by atomic mass is 127. The topological polar surface area (TPSA) is 73.8 Å². The predicted octanol–water partition coefficient (Wildman–Crippen LogP) is 3.87. The molecule has 1 heterocycles. The standard InChI is InChI=1S/C22H29FN4O2S.HI/c1-2-24-22(25-16-18-6-10-20(23)11-7-18)26-17-19-8-12-21(13-9-19)30(28,29)27-14-4-3-5-15-27;/h6-13H,2-5,14-17H2,1H3,(H2,24,25,26);1H. The molecule has 0 bridgehead atoms. The molecule has 0 radical (unpaired) electrons. The van der Waals surface area contributed by atoms with Gasteiger partial charge in [-0.3, -0.25) is 0 Å². The summed E-state index contributed by atoms with van der Waals surface area (Å²) >= 11 is 0. The van der Waals surface area contributed by atoms with Gasteiger partial charge in [0, 0.05) is 26.2 Å². The Balaban J connectivity index is 0.00000341. The number of halogens is 2. The Morgan fingerprint density at radius 3 is 2.19 bits per heavy atom. The number of nitrogens with one attached hydrogen (secondary N) is 2. The summed E-state index contributed by atoms with van der Waals surface area (Å²) in [6, 6.07) is 13.3. The third-order valence-electron chi connectivity index (χ3n) is 5.01. The summed E-state index contributed by atoms with van der Waals surface area (Å²) in [6.45, 7) is 4.83. The average Bonchev–Trinajstić information content (AvgIpc) is 2.77. The van der Waals surface area contributed by atoms with Gasteiger partial charge in [0.2, 0.25) is 10.0 Å². The monoisotopic (exact) mass is 560 g/mol. The van der Waals surface area contributed by atoms with E-state index in [1.807, 2.05) is 19.1 Å². The molecular weight excluding hydrogens is 530 g/mol. The zero-order valence-electron chi connectivity index (χ0n) is 17.7. The Bertz CT molecular complexity index is 944. The number of benzene rings is 2. The average molecular weight is 560 g/mol. The van der Waals surface area contributed by atoms with Gasteiger partial charge in [0.05, 0.1) is 11.4 Å². The summed E-state index contributed by atoms with van der Waals surface area (Å²) in [5, 5.41) is 6.39. The molecule has 1 aliphatic rings. The molecule has 1 fully saturated rings. The molecule has 0 saturated carbocycles. The van der Waals surface area contributed by atoms with Gasteiger partial charge < -0.3 is 10.6 Å². The van der Waals surface area contributed by atoms with E-state index in [9.17, 15) is 12.8 Å². The number of hydrogen-bond donors (Lipinski definition) is 2. The van der Waals surface area contributed by atoms with Crippen LogP contribution in [-0.2, 0) is 23.1 Å². The van der Waals surface area contributed by atoms with Crippen LogP contribution in [0.4, 0.5) is 4.39 Å². The van der Waals surface area contributed by atoms with Crippen LogP contribution >= 0.6 is 24.0 Å². The first-order valence-corrected chi connectivity index (χ1v) is 11.8. The van der Waals surface area contributed by atoms with Gasteiger partial charge in [0.1, 0.15) is 5.82 Å². The van der Waals surface area contributed by atoms with Gasteiger partial charge >= 0.3 is 0 Å². The van der Waals surface area contributed by atoms with Crippen molar-refractivity contribution in [3.8, 4) is 0 Å². The molecular formula is C22H30FIN4O2S. The van der Waals surface area contributed by atoms with E-state index in [1.54, 1.807) is 28.6 Å². The van der Waals surface area contributed by atoms with Crippen molar-refractivity contribution in [2.24, 2.45) is 4.99 Å². The van der Waals surface area contributed by atoms with Crippen LogP contribution in [0.2, 0.25) is 0 Å². The van der Waals surface area contributed by atoms with E-state index in [4.69, 9.17) is 0 Å². The third-order valence-corrected chi connectivity index (χ3v) is 6.93. The van der Waals surface area contributed by atoms with Crippen molar-refractivity contribution >= 4 is 40.0 Å². The lowest BCUT2D eigenvalue weighted by molar-refractivity contribution is 0.346. The minimum absolute atomic E-state index is 0. The number of guanidine groups is 1. The first-order chi connectivity index (χ1) is 14.5. The van der Waals surface area contributed by atoms with Crippen LogP contribution in [0.25, 0.3) is 0 Å².